The van der Waals surface area contributed by atoms with Crippen molar-refractivity contribution >= 4 is 23.2 Å². The number of hydrogen-bond acceptors (Lipinski definition) is 2. The number of halogens is 2. The number of nitrogens with two attached hydrogens (primary N) is 1. The van der Waals surface area contributed by atoms with E-state index >= 15 is 0 Å². The summed E-state index contributed by atoms with van der Waals surface area (Å²) in [6, 6.07) is 5.77. The predicted molar refractivity (Wildman–Crippen MR) is 66.1 cm³/mol. The van der Waals surface area contributed by atoms with Gasteiger partial charge in [0, 0.05) is 16.1 Å². The van der Waals surface area contributed by atoms with Crippen LogP contribution in [0.4, 0.5) is 0 Å². The molecule has 0 saturated carbocycles. The number of hydrazine groups is 1. The normalized spacial score (nSPS) is 13.2. The van der Waals surface area contributed by atoms with Crippen LogP contribution in [0.1, 0.15) is 19.4 Å². The number of nitrogens with one attached hydrogen (secondary N) is 1. The summed E-state index contributed by atoms with van der Waals surface area (Å²) >= 11 is 11.9. The fourth-order valence-corrected chi connectivity index (χ4v) is 1.90. The summed E-state index contributed by atoms with van der Waals surface area (Å²) < 4.78 is 0. The molecule has 0 heterocycles. The van der Waals surface area contributed by atoms with Crippen LogP contribution < -0.4 is 11.3 Å². The summed E-state index contributed by atoms with van der Waals surface area (Å²) in [6.07, 6.45) is 0.810. The highest BCUT2D eigenvalue weighted by atomic mass is 35.5. The summed E-state index contributed by atoms with van der Waals surface area (Å²) in [5.74, 6) is 5.94. The van der Waals surface area contributed by atoms with Gasteiger partial charge in [0.25, 0.3) is 0 Å². The van der Waals surface area contributed by atoms with Gasteiger partial charge >= 0.3 is 0 Å². The molecule has 15 heavy (non-hydrogen) atoms. The average molecular weight is 247 g/mol. The van der Waals surface area contributed by atoms with E-state index in [1.807, 2.05) is 12.1 Å². The van der Waals surface area contributed by atoms with Crippen molar-refractivity contribution < 1.29 is 0 Å². The highest BCUT2D eigenvalue weighted by Crippen LogP contribution is 2.23. The van der Waals surface area contributed by atoms with Gasteiger partial charge in [0.15, 0.2) is 0 Å². The van der Waals surface area contributed by atoms with Crippen molar-refractivity contribution in [2.24, 2.45) is 11.8 Å². The monoisotopic (exact) mass is 246 g/mol. The van der Waals surface area contributed by atoms with Crippen LogP contribution >= 0.6 is 23.2 Å². The molecule has 3 N–H and O–H groups in total. The molecule has 4 heteroatoms. The van der Waals surface area contributed by atoms with E-state index in [0.29, 0.717) is 16.0 Å². The van der Waals surface area contributed by atoms with Gasteiger partial charge in [-0.2, -0.15) is 0 Å². The summed E-state index contributed by atoms with van der Waals surface area (Å²) in [7, 11) is 0. The van der Waals surface area contributed by atoms with E-state index in [2.05, 4.69) is 19.3 Å². The first-order chi connectivity index (χ1) is 7.04. The van der Waals surface area contributed by atoms with Crippen molar-refractivity contribution in [3.63, 3.8) is 0 Å². The van der Waals surface area contributed by atoms with Gasteiger partial charge in [-0.05, 0) is 30.0 Å². The van der Waals surface area contributed by atoms with Gasteiger partial charge < -0.3 is 0 Å². The Kier molecular flexibility index (Phi) is 4.87. The maximum Gasteiger partial charge on any atom is 0.0453 e. The largest absolute Gasteiger partial charge is 0.271 e. The number of rotatable bonds is 4. The van der Waals surface area contributed by atoms with Crippen molar-refractivity contribution in [2.75, 3.05) is 0 Å². The maximum atomic E-state index is 6.08. The van der Waals surface area contributed by atoms with E-state index < -0.39 is 0 Å². The van der Waals surface area contributed by atoms with Crippen molar-refractivity contribution in [2.45, 2.75) is 26.3 Å². The molecule has 0 radical (unpaired) electrons. The van der Waals surface area contributed by atoms with E-state index in [4.69, 9.17) is 29.0 Å². The second-order valence-corrected chi connectivity index (χ2v) is 4.80. The van der Waals surface area contributed by atoms with Crippen LogP contribution in [0.2, 0.25) is 10.0 Å². The van der Waals surface area contributed by atoms with Crippen LogP contribution in [0.5, 0.6) is 0 Å². The van der Waals surface area contributed by atoms with Gasteiger partial charge in [0.1, 0.15) is 0 Å². The van der Waals surface area contributed by atoms with Crippen LogP contribution in [0.25, 0.3) is 0 Å². The molecule has 1 aromatic carbocycles. The third kappa shape index (κ3) is 3.65. The Morgan fingerprint density at radius 2 is 2.00 bits per heavy atom. The smallest absolute Gasteiger partial charge is 0.0453 e. The molecular formula is C11H16Cl2N2. The highest BCUT2D eigenvalue weighted by molar-refractivity contribution is 6.35. The first kappa shape index (κ1) is 12.8. The molecule has 0 saturated heterocycles. The van der Waals surface area contributed by atoms with Gasteiger partial charge in [-0.3, -0.25) is 11.3 Å². The summed E-state index contributed by atoms with van der Waals surface area (Å²) in [5.41, 5.74) is 3.87. The minimum atomic E-state index is 0.226. The molecule has 1 aromatic rings. The Balaban J connectivity index is 2.79. The lowest BCUT2D eigenvalue weighted by Gasteiger charge is -2.20. The number of benzene rings is 1. The van der Waals surface area contributed by atoms with Crippen LogP contribution in [0.3, 0.4) is 0 Å². The Morgan fingerprint density at radius 3 is 2.47 bits per heavy atom. The lowest BCUT2D eigenvalue weighted by molar-refractivity contribution is 0.404. The molecule has 0 aliphatic carbocycles. The van der Waals surface area contributed by atoms with Gasteiger partial charge in [0.2, 0.25) is 0 Å². The molecule has 1 atom stereocenters. The van der Waals surface area contributed by atoms with Gasteiger partial charge in [-0.1, -0.05) is 43.1 Å². The minimum Gasteiger partial charge on any atom is -0.271 e. The third-order valence-corrected chi connectivity index (χ3v) is 3.06. The van der Waals surface area contributed by atoms with Crippen molar-refractivity contribution in [1.29, 1.82) is 0 Å². The standard InChI is InChI=1S/C11H16Cl2N2/c1-7(2)11(15-14)5-8-3-4-9(12)6-10(8)13/h3-4,6-7,11,15H,5,14H2,1-2H3. The topological polar surface area (TPSA) is 38.0 Å². The Bertz CT molecular complexity index is 326. The summed E-state index contributed by atoms with van der Waals surface area (Å²) in [5, 5.41) is 1.36. The molecule has 84 valence electrons. The molecule has 2 nitrogen and oxygen atoms in total. The molecule has 0 aliphatic rings. The Morgan fingerprint density at radius 1 is 1.33 bits per heavy atom. The Hall–Kier alpha value is -0.280. The fourth-order valence-electron chi connectivity index (χ4n) is 1.41. The molecule has 0 amide bonds. The van der Waals surface area contributed by atoms with Crippen molar-refractivity contribution in [3.05, 3.63) is 33.8 Å². The van der Waals surface area contributed by atoms with Crippen LogP contribution in [-0.4, -0.2) is 6.04 Å². The van der Waals surface area contributed by atoms with E-state index in [1.165, 1.54) is 0 Å². The lowest BCUT2D eigenvalue weighted by Crippen LogP contribution is -2.40. The first-order valence-electron chi connectivity index (χ1n) is 4.94. The zero-order chi connectivity index (χ0) is 11.4. The molecule has 1 unspecified atom stereocenters. The lowest BCUT2D eigenvalue weighted by atomic mass is 9.97. The molecular weight excluding hydrogens is 231 g/mol. The second-order valence-electron chi connectivity index (χ2n) is 3.96. The quantitative estimate of drug-likeness (QED) is 0.634. The highest BCUT2D eigenvalue weighted by Gasteiger charge is 2.13. The van der Waals surface area contributed by atoms with Gasteiger partial charge in [0.05, 0.1) is 0 Å². The van der Waals surface area contributed by atoms with Crippen LogP contribution in [-0.2, 0) is 6.42 Å². The average Bonchev–Trinajstić information content (AvgIpc) is 2.16. The van der Waals surface area contributed by atoms with E-state index in [1.54, 1.807) is 6.07 Å². The molecule has 0 aromatic heterocycles. The van der Waals surface area contributed by atoms with Crippen LogP contribution in [0, 0.1) is 5.92 Å². The summed E-state index contributed by atoms with van der Waals surface area (Å²) in [4.78, 5) is 0. The third-order valence-electron chi connectivity index (χ3n) is 2.47. The van der Waals surface area contributed by atoms with E-state index in [-0.39, 0.29) is 6.04 Å². The van der Waals surface area contributed by atoms with E-state index in [9.17, 15) is 0 Å². The molecule has 0 aliphatic heterocycles. The maximum absolute atomic E-state index is 6.08. The van der Waals surface area contributed by atoms with Crippen molar-refractivity contribution in [3.8, 4) is 0 Å². The SMILES string of the molecule is CC(C)C(Cc1ccc(Cl)cc1Cl)NN. The predicted octanol–water partition coefficient (Wildman–Crippen LogP) is 3.02. The van der Waals surface area contributed by atoms with Crippen LogP contribution in [0.15, 0.2) is 18.2 Å². The second kappa shape index (κ2) is 5.71. The molecule has 0 fully saturated rings. The fraction of sp³-hybridized carbons (Fsp3) is 0.455. The van der Waals surface area contributed by atoms with E-state index in [0.717, 1.165) is 12.0 Å². The molecule has 0 bridgehead atoms. The van der Waals surface area contributed by atoms with Gasteiger partial charge in [-0.25, -0.2) is 0 Å². The summed E-state index contributed by atoms with van der Waals surface area (Å²) in [6.45, 7) is 4.24. The van der Waals surface area contributed by atoms with Crippen molar-refractivity contribution in [1.82, 2.24) is 5.43 Å². The minimum absolute atomic E-state index is 0.226. The van der Waals surface area contributed by atoms with Gasteiger partial charge in [-0.15, -0.1) is 0 Å². The molecule has 0 spiro atoms. The zero-order valence-corrected chi connectivity index (χ0v) is 10.4. The number of hydrogen-bond donors (Lipinski definition) is 2. The Labute approximate surface area is 101 Å². The first-order valence-corrected chi connectivity index (χ1v) is 5.70. The zero-order valence-electron chi connectivity index (χ0n) is 8.93. The molecule has 1 rings (SSSR count).